The Morgan fingerprint density at radius 1 is 1.05 bits per heavy atom. The molecule has 0 aliphatic carbocycles. The summed E-state index contributed by atoms with van der Waals surface area (Å²) in [6, 6.07) is 6.79. The van der Waals surface area contributed by atoms with Gasteiger partial charge in [-0.3, -0.25) is 9.36 Å². The van der Waals surface area contributed by atoms with Crippen molar-refractivity contribution in [3.05, 3.63) is 24.3 Å². The van der Waals surface area contributed by atoms with Gasteiger partial charge in [-0.15, -0.1) is 0 Å². The van der Waals surface area contributed by atoms with E-state index < -0.39 is 7.60 Å². The monoisotopic (exact) mass is 288 g/mol. The summed E-state index contributed by atoms with van der Waals surface area (Å²) in [6.07, 6.45) is -0.309. The van der Waals surface area contributed by atoms with Gasteiger partial charge in [-0.1, -0.05) is 0 Å². The van der Waals surface area contributed by atoms with Crippen LogP contribution in [0.4, 0.5) is 0 Å². The van der Waals surface area contributed by atoms with Crippen LogP contribution in [0.5, 0.6) is 11.5 Å². The highest BCUT2D eigenvalue weighted by molar-refractivity contribution is 7.54. The first-order valence-corrected chi connectivity index (χ1v) is 7.25. The molecule has 0 atom stereocenters. The third-order valence-corrected chi connectivity index (χ3v) is 4.24. The highest BCUT2D eigenvalue weighted by Gasteiger charge is 2.25. The van der Waals surface area contributed by atoms with E-state index in [-0.39, 0.29) is 18.6 Å². The van der Waals surface area contributed by atoms with E-state index in [2.05, 4.69) is 9.05 Å². The van der Waals surface area contributed by atoms with E-state index in [0.717, 1.165) is 0 Å². The molecule has 0 unspecified atom stereocenters. The standard InChI is InChI=1S/C12H17O6P/c1-15-11-4-6-12(7-5-11)18-8-10(13)9-19(14,16-2)17-3/h4-7H,8-9H2,1-3H3. The highest BCUT2D eigenvalue weighted by Crippen LogP contribution is 2.45. The van der Waals surface area contributed by atoms with Gasteiger partial charge in [0, 0.05) is 14.2 Å². The molecular weight excluding hydrogens is 271 g/mol. The van der Waals surface area contributed by atoms with E-state index in [9.17, 15) is 9.36 Å². The summed E-state index contributed by atoms with van der Waals surface area (Å²) < 4.78 is 31.3. The van der Waals surface area contributed by atoms with Crippen molar-refractivity contribution in [2.24, 2.45) is 0 Å². The average molecular weight is 288 g/mol. The third kappa shape index (κ3) is 5.03. The SMILES string of the molecule is COc1ccc(OCC(=O)CP(=O)(OC)OC)cc1. The van der Waals surface area contributed by atoms with Crippen molar-refractivity contribution in [3.63, 3.8) is 0 Å². The van der Waals surface area contributed by atoms with E-state index in [1.54, 1.807) is 31.4 Å². The van der Waals surface area contributed by atoms with Crippen LogP contribution in [0.25, 0.3) is 0 Å². The Hall–Kier alpha value is -1.36. The molecule has 1 rings (SSSR count). The zero-order valence-corrected chi connectivity index (χ0v) is 12.0. The van der Waals surface area contributed by atoms with Crippen molar-refractivity contribution in [2.75, 3.05) is 34.1 Å². The van der Waals surface area contributed by atoms with Gasteiger partial charge in [-0.05, 0) is 24.3 Å². The lowest BCUT2D eigenvalue weighted by atomic mass is 10.3. The summed E-state index contributed by atoms with van der Waals surface area (Å²) in [5.74, 6) is 0.864. The molecule has 7 heteroatoms. The minimum atomic E-state index is -3.32. The van der Waals surface area contributed by atoms with E-state index in [1.165, 1.54) is 14.2 Å². The molecule has 0 aliphatic rings. The van der Waals surface area contributed by atoms with Gasteiger partial charge < -0.3 is 18.5 Å². The van der Waals surface area contributed by atoms with Gasteiger partial charge in [0.2, 0.25) is 0 Å². The van der Waals surface area contributed by atoms with Crippen LogP contribution in [0.2, 0.25) is 0 Å². The molecule has 0 fully saturated rings. The Morgan fingerprint density at radius 3 is 2.05 bits per heavy atom. The van der Waals surface area contributed by atoms with Crippen LogP contribution in [0, 0.1) is 0 Å². The predicted octanol–water partition coefficient (Wildman–Crippen LogP) is 2.13. The minimum absolute atomic E-state index is 0.191. The molecule has 0 bridgehead atoms. The van der Waals surface area contributed by atoms with Crippen molar-refractivity contribution in [1.82, 2.24) is 0 Å². The maximum atomic E-state index is 11.7. The lowest BCUT2D eigenvalue weighted by Crippen LogP contribution is -2.16. The fourth-order valence-corrected chi connectivity index (χ4v) is 2.23. The number of rotatable bonds is 8. The number of carbonyl (C=O) groups is 1. The molecule has 0 aliphatic heterocycles. The van der Waals surface area contributed by atoms with Crippen LogP contribution >= 0.6 is 7.60 Å². The predicted molar refractivity (Wildman–Crippen MR) is 70.0 cm³/mol. The molecule has 0 saturated carbocycles. The molecule has 0 saturated heterocycles. The second-order valence-electron chi connectivity index (χ2n) is 3.64. The third-order valence-electron chi connectivity index (χ3n) is 2.39. The molecule has 0 radical (unpaired) electrons. The average Bonchev–Trinajstić information content (AvgIpc) is 2.45. The normalized spacial score (nSPS) is 11.1. The van der Waals surface area contributed by atoms with E-state index >= 15 is 0 Å². The number of hydrogen-bond acceptors (Lipinski definition) is 6. The lowest BCUT2D eigenvalue weighted by molar-refractivity contribution is -0.118. The van der Waals surface area contributed by atoms with Gasteiger partial charge in [-0.2, -0.15) is 0 Å². The summed E-state index contributed by atoms with van der Waals surface area (Å²) in [5, 5.41) is 0. The molecule has 6 nitrogen and oxygen atoms in total. The van der Waals surface area contributed by atoms with E-state index in [0.29, 0.717) is 11.5 Å². The van der Waals surface area contributed by atoms with Crippen LogP contribution in [-0.2, 0) is 18.4 Å². The summed E-state index contributed by atoms with van der Waals surface area (Å²) >= 11 is 0. The molecule has 0 N–H and O–H groups in total. The molecule has 1 aromatic rings. The molecule has 0 amide bonds. The summed E-state index contributed by atoms with van der Waals surface area (Å²) in [4.78, 5) is 11.6. The molecule has 106 valence electrons. The Morgan fingerprint density at radius 2 is 1.58 bits per heavy atom. The van der Waals surface area contributed by atoms with Crippen molar-refractivity contribution < 1.29 is 27.9 Å². The van der Waals surface area contributed by atoms with Gasteiger partial charge in [0.1, 0.15) is 24.3 Å². The number of Topliss-reactive ketones (excluding diaryl/α,β-unsaturated/α-hetero) is 1. The molecule has 19 heavy (non-hydrogen) atoms. The first-order chi connectivity index (χ1) is 9.03. The first-order valence-electron chi connectivity index (χ1n) is 5.52. The van der Waals surface area contributed by atoms with Crippen LogP contribution < -0.4 is 9.47 Å². The van der Waals surface area contributed by atoms with Crippen LogP contribution in [0.1, 0.15) is 0 Å². The van der Waals surface area contributed by atoms with Crippen LogP contribution in [0.15, 0.2) is 24.3 Å². The maximum absolute atomic E-state index is 11.7. The van der Waals surface area contributed by atoms with Crippen molar-refractivity contribution >= 4 is 13.4 Å². The molecule has 0 aromatic heterocycles. The Kier molecular flexibility index (Phi) is 6.02. The lowest BCUT2D eigenvalue weighted by Gasteiger charge is -2.12. The van der Waals surface area contributed by atoms with Gasteiger partial charge in [-0.25, -0.2) is 0 Å². The van der Waals surface area contributed by atoms with Gasteiger partial charge >= 0.3 is 7.60 Å². The van der Waals surface area contributed by atoms with Crippen molar-refractivity contribution in [3.8, 4) is 11.5 Å². The maximum Gasteiger partial charge on any atom is 0.337 e. The number of methoxy groups -OCH3 is 1. The molecule has 0 spiro atoms. The van der Waals surface area contributed by atoms with Gasteiger partial charge in [0.15, 0.2) is 5.78 Å². The van der Waals surface area contributed by atoms with Gasteiger partial charge in [0.25, 0.3) is 0 Å². The largest absolute Gasteiger partial charge is 0.497 e. The Bertz CT molecular complexity index is 448. The van der Waals surface area contributed by atoms with E-state index in [4.69, 9.17) is 9.47 Å². The first kappa shape index (κ1) is 15.7. The summed E-state index contributed by atoms with van der Waals surface area (Å²) in [7, 11) is 0.717. The highest BCUT2D eigenvalue weighted by atomic mass is 31.2. The zero-order valence-electron chi connectivity index (χ0n) is 11.1. The fourth-order valence-electron chi connectivity index (χ4n) is 1.30. The minimum Gasteiger partial charge on any atom is -0.497 e. The van der Waals surface area contributed by atoms with Crippen LogP contribution in [0.3, 0.4) is 0 Å². The zero-order chi connectivity index (χ0) is 14.3. The van der Waals surface area contributed by atoms with Crippen molar-refractivity contribution in [2.45, 2.75) is 0 Å². The topological polar surface area (TPSA) is 71.1 Å². The van der Waals surface area contributed by atoms with E-state index in [1.807, 2.05) is 0 Å². The number of ether oxygens (including phenoxy) is 2. The van der Waals surface area contributed by atoms with Crippen LogP contribution in [-0.4, -0.2) is 39.9 Å². The Labute approximate surface area is 112 Å². The Balaban J connectivity index is 2.47. The van der Waals surface area contributed by atoms with Gasteiger partial charge in [0.05, 0.1) is 7.11 Å². The number of hydrogen-bond donors (Lipinski definition) is 0. The molecular formula is C12H17O6P. The van der Waals surface area contributed by atoms with Crippen molar-refractivity contribution in [1.29, 1.82) is 0 Å². The number of benzene rings is 1. The molecule has 0 heterocycles. The summed E-state index contributed by atoms with van der Waals surface area (Å²) in [5.41, 5.74) is 0. The second-order valence-corrected chi connectivity index (χ2v) is 5.91. The smallest absolute Gasteiger partial charge is 0.337 e. The fraction of sp³-hybridized carbons (Fsp3) is 0.417. The number of carbonyl (C=O) groups excluding carboxylic acids is 1. The molecule has 1 aromatic carbocycles. The second kappa shape index (κ2) is 7.28. The summed E-state index contributed by atoms with van der Waals surface area (Å²) in [6.45, 7) is -0.191. The number of ketones is 1. The quantitative estimate of drug-likeness (QED) is 0.682.